The summed E-state index contributed by atoms with van der Waals surface area (Å²) in [6.45, 7) is 1.42. The lowest BCUT2D eigenvalue weighted by molar-refractivity contribution is 0.307. The van der Waals surface area contributed by atoms with Crippen molar-refractivity contribution in [1.29, 1.82) is 0 Å². The number of hydrogen-bond acceptors (Lipinski definition) is 3. The summed E-state index contributed by atoms with van der Waals surface area (Å²) in [5, 5.41) is 4.28. The highest BCUT2D eigenvalue weighted by atomic mass is 16.5. The molecule has 0 fully saturated rings. The summed E-state index contributed by atoms with van der Waals surface area (Å²) < 4.78 is 5.89. The zero-order valence-electron chi connectivity index (χ0n) is 12.0. The monoisotopic (exact) mass is 278 g/mol. The van der Waals surface area contributed by atoms with Crippen molar-refractivity contribution in [1.82, 2.24) is 10.3 Å². The van der Waals surface area contributed by atoms with E-state index in [0.29, 0.717) is 6.61 Å². The maximum Gasteiger partial charge on any atom is 0.119 e. The van der Waals surface area contributed by atoms with E-state index in [0.717, 1.165) is 28.8 Å². The predicted molar refractivity (Wildman–Crippen MR) is 85.3 cm³/mol. The Hall–Kier alpha value is -2.39. The van der Waals surface area contributed by atoms with Crippen molar-refractivity contribution in [2.75, 3.05) is 7.05 Å². The van der Waals surface area contributed by atoms with E-state index < -0.39 is 0 Å². The molecule has 3 rings (SSSR count). The van der Waals surface area contributed by atoms with Crippen LogP contribution in [0.2, 0.25) is 0 Å². The molecule has 3 nitrogen and oxygen atoms in total. The molecule has 3 heteroatoms. The van der Waals surface area contributed by atoms with Gasteiger partial charge in [0.2, 0.25) is 0 Å². The van der Waals surface area contributed by atoms with Crippen LogP contribution in [0.5, 0.6) is 5.75 Å². The molecule has 0 aliphatic heterocycles. The highest BCUT2D eigenvalue weighted by Gasteiger charge is 2.02. The van der Waals surface area contributed by atoms with Crippen LogP contribution in [0.15, 0.2) is 60.8 Å². The molecule has 1 aromatic heterocycles. The number of aromatic nitrogens is 1. The number of rotatable bonds is 5. The molecule has 1 heterocycles. The fourth-order valence-corrected chi connectivity index (χ4v) is 2.35. The minimum atomic E-state index is 0.550. The summed E-state index contributed by atoms with van der Waals surface area (Å²) in [7, 11) is 1.94. The molecule has 2 aromatic carbocycles. The van der Waals surface area contributed by atoms with Gasteiger partial charge in [-0.05, 0) is 36.9 Å². The van der Waals surface area contributed by atoms with Crippen LogP contribution in [0.1, 0.15) is 11.1 Å². The number of fused-ring (bicyclic) bond motifs is 1. The van der Waals surface area contributed by atoms with Gasteiger partial charge in [0.25, 0.3) is 0 Å². The summed E-state index contributed by atoms with van der Waals surface area (Å²) in [5.74, 6) is 0.885. The van der Waals surface area contributed by atoms with Crippen molar-refractivity contribution < 1.29 is 4.74 Å². The van der Waals surface area contributed by atoms with E-state index in [-0.39, 0.29) is 0 Å². The predicted octanol–water partition coefficient (Wildman–Crippen LogP) is 3.53. The Bertz CT molecular complexity index is 717. The second kappa shape index (κ2) is 6.37. The second-order valence-corrected chi connectivity index (χ2v) is 4.95. The standard InChI is InChI=1S/C18H18N2O/c1-19-12-14-6-8-16(9-7-14)21-13-15-10-11-20-18-5-3-2-4-17(15)18/h2-11,19H,12-13H2,1H3. The number of nitrogens with one attached hydrogen (secondary N) is 1. The highest BCUT2D eigenvalue weighted by molar-refractivity contribution is 5.81. The zero-order chi connectivity index (χ0) is 14.5. The van der Waals surface area contributed by atoms with Gasteiger partial charge in [0, 0.05) is 23.7 Å². The van der Waals surface area contributed by atoms with Crippen molar-refractivity contribution in [3.63, 3.8) is 0 Å². The van der Waals surface area contributed by atoms with E-state index in [1.807, 2.05) is 49.6 Å². The Morgan fingerprint density at radius 3 is 2.62 bits per heavy atom. The molecule has 0 unspecified atom stereocenters. The molecule has 3 aromatic rings. The first-order chi connectivity index (χ1) is 10.4. The van der Waals surface area contributed by atoms with Gasteiger partial charge < -0.3 is 10.1 Å². The topological polar surface area (TPSA) is 34.1 Å². The quantitative estimate of drug-likeness (QED) is 0.775. The van der Waals surface area contributed by atoms with E-state index in [4.69, 9.17) is 4.74 Å². The first-order valence-corrected chi connectivity index (χ1v) is 7.06. The van der Waals surface area contributed by atoms with Crippen LogP contribution in [0.3, 0.4) is 0 Å². The Kier molecular flexibility index (Phi) is 4.12. The van der Waals surface area contributed by atoms with Gasteiger partial charge in [0.1, 0.15) is 12.4 Å². The van der Waals surface area contributed by atoms with E-state index in [9.17, 15) is 0 Å². The normalized spacial score (nSPS) is 10.7. The molecule has 0 atom stereocenters. The lowest BCUT2D eigenvalue weighted by Gasteiger charge is -2.09. The van der Waals surface area contributed by atoms with Gasteiger partial charge in [-0.3, -0.25) is 4.98 Å². The zero-order valence-corrected chi connectivity index (χ0v) is 12.0. The fraction of sp³-hybridized carbons (Fsp3) is 0.167. The summed E-state index contributed by atoms with van der Waals surface area (Å²) >= 11 is 0. The summed E-state index contributed by atoms with van der Waals surface area (Å²) in [5.41, 5.74) is 3.40. The van der Waals surface area contributed by atoms with E-state index in [1.54, 1.807) is 0 Å². The van der Waals surface area contributed by atoms with E-state index in [1.165, 1.54) is 5.56 Å². The van der Waals surface area contributed by atoms with Crippen LogP contribution in [0, 0.1) is 0 Å². The number of hydrogen-bond donors (Lipinski definition) is 1. The first kappa shape index (κ1) is 13.6. The minimum Gasteiger partial charge on any atom is -0.489 e. The molecule has 0 spiro atoms. The van der Waals surface area contributed by atoms with Crippen LogP contribution in [-0.2, 0) is 13.2 Å². The molecule has 0 amide bonds. The molecule has 0 bridgehead atoms. The van der Waals surface area contributed by atoms with Crippen molar-refractivity contribution in [2.45, 2.75) is 13.2 Å². The van der Waals surface area contributed by atoms with Gasteiger partial charge in [-0.25, -0.2) is 0 Å². The second-order valence-electron chi connectivity index (χ2n) is 4.95. The highest BCUT2D eigenvalue weighted by Crippen LogP contribution is 2.19. The molecule has 106 valence electrons. The van der Waals surface area contributed by atoms with E-state index >= 15 is 0 Å². The summed E-state index contributed by atoms with van der Waals surface area (Å²) in [4.78, 5) is 4.37. The number of nitrogens with zero attached hydrogens (tertiary/aromatic N) is 1. The van der Waals surface area contributed by atoms with Gasteiger partial charge in [-0.2, -0.15) is 0 Å². The third-order valence-corrected chi connectivity index (χ3v) is 3.44. The van der Waals surface area contributed by atoms with Gasteiger partial charge >= 0.3 is 0 Å². The van der Waals surface area contributed by atoms with Crippen molar-refractivity contribution in [2.24, 2.45) is 0 Å². The van der Waals surface area contributed by atoms with Gasteiger partial charge in [0.05, 0.1) is 5.52 Å². The maximum absolute atomic E-state index is 5.89. The Labute approximate surface area is 124 Å². The van der Waals surface area contributed by atoms with Gasteiger partial charge in [-0.1, -0.05) is 30.3 Å². The Morgan fingerprint density at radius 1 is 1.00 bits per heavy atom. The number of ether oxygens (including phenoxy) is 1. The van der Waals surface area contributed by atoms with E-state index in [2.05, 4.69) is 28.5 Å². The van der Waals surface area contributed by atoms with Crippen LogP contribution in [-0.4, -0.2) is 12.0 Å². The lowest BCUT2D eigenvalue weighted by atomic mass is 10.1. The number of benzene rings is 2. The smallest absolute Gasteiger partial charge is 0.119 e. The maximum atomic E-state index is 5.89. The Morgan fingerprint density at radius 2 is 1.81 bits per heavy atom. The van der Waals surface area contributed by atoms with Crippen molar-refractivity contribution >= 4 is 10.9 Å². The lowest BCUT2D eigenvalue weighted by Crippen LogP contribution is -2.04. The SMILES string of the molecule is CNCc1ccc(OCc2ccnc3ccccc23)cc1. The Balaban J connectivity index is 1.74. The molecule has 0 aliphatic carbocycles. The largest absolute Gasteiger partial charge is 0.489 e. The third kappa shape index (κ3) is 3.20. The van der Waals surface area contributed by atoms with Gasteiger partial charge in [-0.15, -0.1) is 0 Å². The molecule has 0 aliphatic rings. The van der Waals surface area contributed by atoms with Crippen LogP contribution in [0.25, 0.3) is 10.9 Å². The van der Waals surface area contributed by atoms with Crippen LogP contribution < -0.4 is 10.1 Å². The molecule has 0 radical (unpaired) electrons. The van der Waals surface area contributed by atoms with Crippen LogP contribution in [0.4, 0.5) is 0 Å². The summed E-state index contributed by atoms with van der Waals surface area (Å²) in [6.07, 6.45) is 1.83. The van der Waals surface area contributed by atoms with Crippen LogP contribution >= 0.6 is 0 Å². The molecule has 1 N–H and O–H groups in total. The average Bonchev–Trinajstić information content (AvgIpc) is 2.54. The number of para-hydroxylation sites is 1. The number of pyridine rings is 1. The molecular formula is C18H18N2O. The molecule has 0 saturated heterocycles. The minimum absolute atomic E-state index is 0.550. The molecular weight excluding hydrogens is 260 g/mol. The van der Waals surface area contributed by atoms with Crippen molar-refractivity contribution in [3.05, 3.63) is 71.9 Å². The van der Waals surface area contributed by atoms with Crippen molar-refractivity contribution in [3.8, 4) is 5.75 Å². The third-order valence-electron chi connectivity index (χ3n) is 3.44. The average molecular weight is 278 g/mol. The molecule has 21 heavy (non-hydrogen) atoms. The summed E-state index contributed by atoms with van der Waals surface area (Å²) in [6, 6.07) is 18.3. The van der Waals surface area contributed by atoms with Gasteiger partial charge in [0.15, 0.2) is 0 Å². The molecule has 0 saturated carbocycles. The fourth-order valence-electron chi connectivity index (χ4n) is 2.35. The first-order valence-electron chi connectivity index (χ1n) is 7.06.